The Hall–Kier alpha value is -3.46. The van der Waals surface area contributed by atoms with E-state index in [1.165, 1.54) is 35.2 Å². The van der Waals surface area contributed by atoms with E-state index in [1.54, 1.807) is 25.3 Å². The lowest BCUT2D eigenvalue weighted by molar-refractivity contribution is 0.0987. The number of nitrogens with zero attached hydrogens (tertiary/aromatic N) is 2. The fourth-order valence-electron chi connectivity index (χ4n) is 2.98. The zero-order valence-electron chi connectivity index (χ0n) is 15.3. The second kappa shape index (κ2) is 7.17. The Bertz CT molecular complexity index is 1200. The van der Waals surface area contributed by atoms with Crippen molar-refractivity contribution in [2.75, 3.05) is 16.2 Å². The quantitative estimate of drug-likeness (QED) is 0.703. The molecule has 3 aromatic rings. The summed E-state index contributed by atoms with van der Waals surface area (Å²) in [5, 5.41) is 0. The summed E-state index contributed by atoms with van der Waals surface area (Å²) in [6.07, 6.45) is 1.55. The predicted molar refractivity (Wildman–Crippen MR) is 105 cm³/mol. The molecule has 2 heterocycles. The topological polar surface area (TPSA) is 88.6 Å². The van der Waals surface area contributed by atoms with Crippen molar-refractivity contribution in [3.05, 3.63) is 72.2 Å². The molecule has 9 heteroatoms. The summed E-state index contributed by atoms with van der Waals surface area (Å²) in [4.78, 5) is 18.6. The number of rotatable bonds is 4. The summed E-state index contributed by atoms with van der Waals surface area (Å²) in [5.74, 6) is 0.111. The van der Waals surface area contributed by atoms with Crippen LogP contribution >= 0.6 is 0 Å². The average Bonchev–Trinajstić information content (AvgIpc) is 2.83. The molecule has 29 heavy (non-hydrogen) atoms. The second-order valence-corrected chi connectivity index (χ2v) is 7.93. The lowest BCUT2D eigenvalue weighted by atomic mass is 10.2. The number of hydrogen-bond donors (Lipinski definition) is 1. The van der Waals surface area contributed by atoms with E-state index in [1.807, 2.05) is 0 Å². The average molecular weight is 413 g/mol. The Labute approximate surface area is 166 Å². The fourth-order valence-corrected chi connectivity index (χ4v) is 4.07. The van der Waals surface area contributed by atoms with Gasteiger partial charge in [0, 0.05) is 18.4 Å². The van der Waals surface area contributed by atoms with Crippen molar-refractivity contribution >= 4 is 27.4 Å². The van der Waals surface area contributed by atoms with Crippen LogP contribution < -0.4 is 14.4 Å². The van der Waals surface area contributed by atoms with E-state index in [9.17, 15) is 17.6 Å². The van der Waals surface area contributed by atoms with E-state index < -0.39 is 21.7 Å². The van der Waals surface area contributed by atoms with E-state index in [2.05, 4.69) is 9.71 Å². The molecule has 0 saturated heterocycles. The highest BCUT2D eigenvalue weighted by Crippen LogP contribution is 2.38. The first kappa shape index (κ1) is 18.9. The van der Waals surface area contributed by atoms with Crippen molar-refractivity contribution in [2.24, 2.45) is 0 Å². The van der Waals surface area contributed by atoms with Gasteiger partial charge in [0.05, 0.1) is 10.5 Å². The Balaban J connectivity index is 1.74. The van der Waals surface area contributed by atoms with Gasteiger partial charge in [-0.05, 0) is 61.5 Å². The maximum Gasteiger partial charge on any atom is 0.263 e. The van der Waals surface area contributed by atoms with Gasteiger partial charge in [-0.3, -0.25) is 14.4 Å². The molecule has 7 nitrogen and oxygen atoms in total. The molecule has 0 aliphatic carbocycles. The predicted octanol–water partition coefficient (Wildman–Crippen LogP) is 3.79. The number of carbonyl (C=O) groups excluding carboxylic acids is 1. The third-order valence-corrected chi connectivity index (χ3v) is 5.75. The van der Waals surface area contributed by atoms with Gasteiger partial charge in [-0.25, -0.2) is 17.8 Å². The summed E-state index contributed by atoms with van der Waals surface area (Å²) in [6, 6.07) is 12.3. The number of fused-ring (bicyclic) bond motifs is 2. The zero-order chi connectivity index (χ0) is 20.6. The van der Waals surface area contributed by atoms with Gasteiger partial charge in [-0.2, -0.15) is 0 Å². The van der Waals surface area contributed by atoms with Crippen LogP contribution in [0, 0.1) is 5.82 Å². The van der Waals surface area contributed by atoms with Crippen LogP contribution in [-0.2, 0) is 10.0 Å². The van der Waals surface area contributed by atoms with Crippen molar-refractivity contribution in [1.29, 1.82) is 0 Å². The molecule has 0 radical (unpaired) electrons. The lowest BCUT2D eigenvalue weighted by Gasteiger charge is -2.18. The number of anilines is 2. The van der Waals surface area contributed by atoms with Crippen LogP contribution in [0.2, 0.25) is 0 Å². The van der Waals surface area contributed by atoms with Crippen LogP contribution in [0.1, 0.15) is 17.3 Å². The smallest absolute Gasteiger partial charge is 0.263 e. The summed E-state index contributed by atoms with van der Waals surface area (Å²) >= 11 is 0. The number of amides is 1. The number of hydrogen-bond acceptors (Lipinski definition) is 5. The van der Waals surface area contributed by atoms with E-state index in [-0.39, 0.29) is 21.9 Å². The van der Waals surface area contributed by atoms with Crippen LogP contribution in [0.5, 0.6) is 11.5 Å². The molecule has 1 aliphatic rings. The number of carbonyl (C=O) groups is 1. The summed E-state index contributed by atoms with van der Waals surface area (Å²) in [6.45, 7) is 2.12. The Morgan fingerprint density at radius 1 is 1.10 bits per heavy atom. The molecule has 0 saturated carbocycles. The number of halogens is 1. The largest absolute Gasteiger partial charge is 0.453 e. The number of ether oxygens (including phenoxy) is 1. The minimum atomic E-state index is -4.00. The minimum Gasteiger partial charge on any atom is -0.453 e. The summed E-state index contributed by atoms with van der Waals surface area (Å²) in [7, 11) is -4.00. The molecule has 0 spiro atoms. The van der Waals surface area contributed by atoms with Crippen molar-refractivity contribution in [2.45, 2.75) is 11.8 Å². The molecular formula is C20H16FN3O4S. The van der Waals surface area contributed by atoms with E-state index >= 15 is 0 Å². The van der Waals surface area contributed by atoms with Gasteiger partial charge >= 0.3 is 0 Å². The molecule has 1 aliphatic heterocycles. The summed E-state index contributed by atoms with van der Waals surface area (Å²) < 4.78 is 46.8. The van der Waals surface area contributed by atoms with Gasteiger partial charge in [0.25, 0.3) is 15.9 Å². The number of sulfonamides is 1. The van der Waals surface area contributed by atoms with Crippen LogP contribution in [-0.4, -0.2) is 25.9 Å². The maximum atomic E-state index is 13.1. The minimum absolute atomic E-state index is 0.104. The summed E-state index contributed by atoms with van der Waals surface area (Å²) in [5.41, 5.74) is 0.308. The van der Waals surface area contributed by atoms with E-state index in [4.69, 9.17) is 4.74 Å². The molecule has 0 bridgehead atoms. The molecule has 1 amide bonds. The highest BCUT2D eigenvalue weighted by Gasteiger charge is 2.29. The van der Waals surface area contributed by atoms with Crippen molar-refractivity contribution < 1.29 is 22.3 Å². The SMILES string of the molecule is CCN1C(=O)c2cc(S(=O)(=O)Nc3ccc(F)cc3)ccc2Oc2cccnc21. The van der Waals surface area contributed by atoms with Gasteiger partial charge in [0.1, 0.15) is 11.6 Å². The van der Waals surface area contributed by atoms with Crippen LogP contribution in [0.25, 0.3) is 0 Å². The zero-order valence-corrected chi connectivity index (χ0v) is 16.1. The monoisotopic (exact) mass is 413 g/mol. The van der Waals surface area contributed by atoms with Crippen LogP contribution in [0.3, 0.4) is 0 Å². The Morgan fingerprint density at radius 3 is 2.59 bits per heavy atom. The molecule has 1 aromatic heterocycles. The Morgan fingerprint density at radius 2 is 1.86 bits per heavy atom. The van der Waals surface area contributed by atoms with Crippen LogP contribution in [0.15, 0.2) is 65.7 Å². The lowest BCUT2D eigenvalue weighted by Crippen LogP contribution is -2.30. The first-order chi connectivity index (χ1) is 13.9. The van der Waals surface area contributed by atoms with Crippen molar-refractivity contribution in [1.82, 2.24) is 4.98 Å². The van der Waals surface area contributed by atoms with Gasteiger partial charge in [-0.1, -0.05) is 0 Å². The fraction of sp³-hybridized carbons (Fsp3) is 0.100. The van der Waals surface area contributed by atoms with Gasteiger partial charge in [0.2, 0.25) is 0 Å². The number of nitrogens with one attached hydrogen (secondary N) is 1. The molecule has 2 aromatic carbocycles. The molecular weight excluding hydrogens is 397 g/mol. The highest BCUT2D eigenvalue weighted by atomic mass is 32.2. The van der Waals surface area contributed by atoms with Crippen molar-refractivity contribution in [3.63, 3.8) is 0 Å². The maximum absolute atomic E-state index is 13.1. The number of pyridine rings is 1. The van der Waals surface area contributed by atoms with Gasteiger partial charge in [0.15, 0.2) is 11.6 Å². The number of aromatic nitrogens is 1. The third-order valence-electron chi connectivity index (χ3n) is 4.38. The normalized spacial score (nSPS) is 13.2. The van der Waals surface area contributed by atoms with E-state index in [0.29, 0.717) is 18.1 Å². The van der Waals surface area contributed by atoms with Gasteiger partial charge < -0.3 is 4.74 Å². The molecule has 1 N–H and O–H groups in total. The standard InChI is InChI=1S/C20H16FN3O4S/c1-2-24-19-18(4-3-11-22-19)28-17-10-9-15(12-16(17)20(24)25)29(26,27)23-14-7-5-13(21)6-8-14/h3-12,23H,2H2,1H3. The first-order valence-corrected chi connectivity index (χ1v) is 10.2. The molecule has 148 valence electrons. The highest BCUT2D eigenvalue weighted by molar-refractivity contribution is 7.92. The van der Waals surface area contributed by atoms with E-state index in [0.717, 1.165) is 12.1 Å². The number of benzene rings is 2. The molecule has 0 atom stereocenters. The molecule has 0 unspecified atom stereocenters. The third kappa shape index (κ3) is 3.52. The molecule has 0 fully saturated rings. The van der Waals surface area contributed by atoms with Crippen LogP contribution in [0.4, 0.5) is 15.9 Å². The second-order valence-electron chi connectivity index (χ2n) is 6.25. The molecule has 4 rings (SSSR count). The first-order valence-electron chi connectivity index (χ1n) is 8.76. The van der Waals surface area contributed by atoms with Crippen molar-refractivity contribution in [3.8, 4) is 11.5 Å². The van der Waals surface area contributed by atoms with Gasteiger partial charge in [-0.15, -0.1) is 0 Å². The Kier molecular flexibility index (Phi) is 4.67.